The molecule has 1 aliphatic heterocycles. The molecule has 0 bridgehead atoms. The van der Waals surface area contributed by atoms with Crippen molar-refractivity contribution in [3.05, 3.63) is 22.2 Å². The van der Waals surface area contributed by atoms with Crippen LogP contribution >= 0.6 is 15.9 Å². The molecular formula is C15H18BrNO5. The van der Waals surface area contributed by atoms with Gasteiger partial charge in [-0.2, -0.15) is 0 Å². The first-order chi connectivity index (χ1) is 10.4. The maximum atomic E-state index is 12.3. The molecule has 1 amide bonds. The van der Waals surface area contributed by atoms with Crippen molar-refractivity contribution in [2.75, 3.05) is 13.2 Å². The zero-order valence-electron chi connectivity index (χ0n) is 12.4. The first kappa shape index (κ1) is 16.6. The van der Waals surface area contributed by atoms with Crippen LogP contribution in [0.15, 0.2) is 16.6 Å². The Bertz CT molecular complexity index is 588. The Kier molecular flexibility index (Phi) is 5.28. The van der Waals surface area contributed by atoms with Crippen molar-refractivity contribution in [1.29, 1.82) is 0 Å². The van der Waals surface area contributed by atoms with E-state index in [4.69, 9.17) is 9.47 Å². The molecule has 0 radical (unpaired) electrons. The largest absolute Gasteiger partial charge is 0.486 e. The van der Waals surface area contributed by atoms with Crippen LogP contribution in [0.4, 0.5) is 0 Å². The number of hydrogen-bond acceptors (Lipinski definition) is 4. The van der Waals surface area contributed by atoms with E-state index < -0.39 is 17.9 Å². The summed E-state index contributed by atoms with van der Waals surface area (Å²) in [6, 6.07) is 2.24. The highest BCUT2D eigenvalue weighted by Gasteiger charge is 2.24. The summed E-state index contributed by atoms with van der Waals surface area (Å²) in [4.78, 5) is 23.5. The summed E-state index contributed by atoms with van der Waals surface area (Å²) in [7, 11) is 0. The molecule has 7 heteroatoms. The van der Waals surface area contributed by atoms with E-state index in [0.717, 1.165) is 0 Å². The number of aliphatic carboxylic acids is 1. The maximum Gasteiger partial charge on any atom is 0.326 e. The second-order valence-electron chi connectivity index (χ2n) is 5.48. The smallest absolute Gasteiger partial charge is 0.326 e. The number of rotatable bonds is 5. The molecule has 120 valence electrons. The standard InChI is InChI=1S/C15H18BrNO5/c1-8(2)5-11(15(19)20)17-14(18)9-6-10(16)13-12(7-9)21-3-4-22-13/h6-8,11H,3-5H2,1-2H3,(H,17,18)(H,19,20)/t11-/m0/s1. The topological polar surface area (TPSA) is 84.9 Å². The van der Waals surface area contributed by atoms with E-state index in [1.165, 1.54) is 0 Å². The van der Waals surface area contributed by atoms with E-state index >= 15 is 0 Å². The van der Waals surface area contributed by atoms with Gasteiger partial charge in [0, 0.05) is 5.56 Å². The van der Waals surface area contributed by atoms with E-state index in [1.807, 2.05) is 13.8 Å². The lowest BCUT2D eigenvalue weighted by Gasteiger charge is -2.21. The Balaban J connectivity index is 2.18. The zero-order chi connectivity index (χ0) is 16.3. The number of nitrogens with one attached hydrogen (secondary N) is 1. The van der Waals surface area contributed by atoms with Crippen LogP contribution in [-0.2, 0) is 4.79 Å². The van der Waals surface area contributed by atoms with Crippen LogP contribution in [0.3, 0.4) is 0 Å². The summed E-state index contributed by atoms with van der Waals surface area (Å²) in [6.07, 6.45) is 0.368. The average Bonchev–Trinajstić information content (AvgIpc) is 2.45. The quantitative estimate of drug-likeness (QED) is 0.830. The summed E-state index contributed by atoms with van der Waals surface area (Å²) in [6.45, 7) is 4.67. The van der Waals surface area contributed by atoms with Crippen LogP contribution in [0.2, 0.25) is 0 Å². The number of amides is 1. The van der Waals surface area contributed by atoms with Gasteiger partial charge < -0.3 is 19.9 Å². The van der Waals surface area contributed by atoms with E-state index in [-0.39, 0.29) is 5.92 Å². The van der Waals surface area contributed by atoms with E-state index in [0.29, 0.717) is 41.2 Å². The monoisotopic (exact) mass is 371 g/mol. The Morgan fingerprint density at radius 1 is 1.32 bits per heavy atom. The fourth-order valence-corrected chi connectivity index (χ4v) is 2.73. The Labute approximate surface area is 136 Å². The number of carboxylic acids is 1. The molecule has 0 spiro atoms. The maximum absolute atomic E-state index is 12.3. The Morgan fingerprint density at radius 2 is 2.00 bits per heavy atom. The second kappa shape index (κ2) is 7.00. The van der Waals surface area contributed by atoms with Crippen LogP contribution in [-0.4, -0.2) is 36.2 Å². The van der Waals surface area contributed by atoms with Gasteiger partial charge in [-0.25, -0.2) is 4.79 Å². The van der Waals surface area contributed by atoms with Crippen molar-refractivity contribution in [2.24, 2.45) is 5.92 Å². The van der Waals surface area contributed by atoms with Gasteiger partial charge in [0.2, 0.25) is 0 Å². The highest BCUT2D eigenvalue weighted by molar-refractivity contribution is 9.10. The highest BCUT2D eigenvalue weighted by Crippen LogP contribution is 2.38. The molecule has 0 unspecified atom stereocenters. The minimum absolute atomic E-state index is 0.161. The molecule has 1 heterocycles. The van der Waals surface area contributed by atoms with Gasteiger partial charge in [-0.05, 0) is 40.4 Å². The number of hydrogen-bond donors (Lipinski definition) is 2. The molecule has 2 rings (SSSR count). The lowest BCUT2D eigenvalue weighted by atomic mass is 10.0. The molecule has 0 fully saturated rings. The molecule has 6 nitrogen and oxygen atoms in total. The lowest BCUT2D eigenvalue weighted by molar-refractivity contribution is -0.139. The number of carbonyl (C=O) groups is 2. The Hall–Kier alpha value is -1.76. The normalized spacial score (nSPS) is 14.5. The van der Waals surface area contributed by atoms with Gasteiger partial charge in [0.15, 0.2) is 11.5 Å². The molecule has 1 aliphatic rings. The first-order valence-corrected chi connectivity index (χ1v) is 7.80. The number of fused-ring (bicyclic) bond motifs is 1. The predicted molar refractivity (Wildman–Crippen MR) is 83.5 cm³/mol. The van der Waals surface area contributed by atoms with E-state index in [2.05, 4.69) is 21.2 Å². The van der Waals surface area contributed by atoms with Gasteiger partial charge in [-0.15, -0.1) is 0 Å². The second-order valence-corrected chi connectivity index (χ2v) is 6.33. The summed E-state index contributed by atoms with van der Waals surface area (Å²) in [5, 5.41) is 11.7. The van der Waals surface area contributed by atoms with Crippen LogP contribution in [0.25, 0.3) is 0 Å². The predicted octanol–water partition coefficient (Wildman–Crippen LogP) is 2.45. The number of carboxylic acid groups (broad SMARTS) is 1. The van der Waals surface area contributed by atoms with Gasteiger partial charge >= 0.3 is 5.97 Å². The minimum atomic E-state index is -1.04. The fraction of sp³-hybridized carbons (Fsp3) is 0.467. The molecule has 0 saturated carbocycles. The summed E-state index contributed by atoms with van der Waals surface area (Å²) >= 11 is 3.34. The highest BCUT2D eigenvalue weighted by atomic mass is 79.9. The van der Waals surface area contributed by atoms with Gasteiger partial charge in [-0.1, -0.05) is 13.8 Å². The summed E-state index contributed by atoms with van der Waals surface area (Å²) in [5.41, 5.74) is 0.325. The van der Waals surface area contributed by atoms with Crippen molar-refractivity contribution in [3.8, 4) is 11.5 Å². The first-order valence-electron chi connectivity index (χ1n) is 7.01. The van der Waals surface area contributed by atoms with Crippen LogP contribution in [0.1, 0.15) is 30.6 Å². The van der Waals surface area contributed by atoms with Crippen molar-refractivity contribution < 1.29 is 24.2 Å². The van der Waals surface area contributed by atoms with Gasteiger partial charge in [-0.3, -0.25) is 4.79 Å². The molecule has 1 aromatic carbocycles. The molecule has 1 aromatic rings. The molecule has 1 atom stereocenters. The lowest BCUT2D eigenvalue weighted by Crippen LogP contribution is -2.41. The molecule has 0 saturated heterocycles. The fourth-order valence-electron chi connectivity index (χ4n) is 2.18. The molecular weight excluding hydrogens is 354 g/mol. The van der Waals surface area contributed by atoms with Crippen molar-refractivity contribution in [2.45, 2.75) is 26.3 Å². The van der Waals surface area contributed by atoms with E-state index in [9.17, 15) is 14.7 Å². The van der Waals surface area contributed by atoms with Crippen LogP contribution < -0.4 is 14.8 Å². The van der Waals surface area contributed by atoms with Crippen LogP contribution in [0.5, 0.6) is 11.5 Å². The summed E-state index contributed by atoms with van der Waals surface area (Å²) in [5.74, 6) is -0.306. The SMILES string of the molecule is CC(C)C[C@H](NC(=O)c1cc(Br)c2c(c1)OCCO2)C(=O)O. The number of ether oxygens (including phenoxy) is 2. The molecule has 0 aromatic heterocycles. The Morgan fingerprint density at radius 3 is 2.64 bits per heavy atom. The van der Waals surface area contributed by atoms with Crippen LogP contribution in [0, 0.1) is 5.92 Å². The third-order valence-electron chi connectivity index (χ3n) is 3.17. The number of benzene rings is 1. The van der Waals surface area contributed by atoms with Crippen molar-refractivity contribution >= 4 is 27.8 Å². The average molecular weight is 372 g/mol. The zero-order valence-corrected chi connectivity index (χ0v) is 14.0. The minimum Gasteiger partial charge on any atom is -0.486 e. The third kappa shape index (κ3) is 3.91. The van der Waals surface area contributed by atoms with Crippen molar-refractivity contribution in [1.82, 2.24) is 5.32 Å². The van der Waals surface area contributed by atoms with Crippen molar-refractivity contribution in [3.63, 3.8) is 0 Å². The van der Waals surface area contributed by atoms with Gasteiger partial charge in [0.05, 0.1) is 4.47 Å². The van der Waals surface area contributed by atoms with Gasteiger partial charge in [0.25, 0.3) is 5.91 Å². The summed E-state index contributed by atoms with van der Waals surface area (Å²) < 4.78 is 11.5. The number of carbonyl (C=O) groups excluding carboxylic acids is 1. The third-order valence-corrected chi connectivity index (χ3v) is 3.76. The molecule has 0 aliphatic carbocycles. The molecule has 22 heavy (non-hydrogen) atoms. The number of halogens is 1. The van der Waals surface area contributed by atoms with Gasteiger partial charge in [0.1, 0.15) is 19.3 Å². The van der Waals surface area contributed by atoms with E-state index in [1.54, 1.807) is 12.1 Å². The molecule has 2 N–H and O–H groups in total.